The highest BCUT2D eigenvalue weighted by molar-refractivity contribution is 8.00. The normalized spacial score (nSPS) is 12.8. The molecule has 3 N–H and O–H groups in total. The van der Waals surface area contributed by atoms with Crippen molar-refractivity contribution in [2.45, 2.75) is 42.6 Å². The number of thioether (sulfide) groups is 1. The van der Waals surface area contributed by atoms with Gasteiger partial charge in [0.15, 0.2) is 5.16 Å². The predicted molar refractivity (Wildman–Crippen MR) is 128 cm³/mol. The maximum Gasteiger partial charge on any atom is 0.262 e. The summed E-state index contributed by atoms with van der Waals surface area (Å²) in [4.78, 5) is 30.3. The van der Waals surface area contributed by atoms with Gasteiger partial charge in [-0.05, 0) is 49.2 Å². The third kappa shape index (κ3) is 5.69. The molecule has 1 heterocycles. The fraction of sp³-hybridized carbons (Fsp3) is 0.286. The van der Waals surface area contributed by atoms with Crippen molar-refractivity contribution in [1.82, 2.24) is 9.55 Å². The summed E-state index contributed by atoms with van der Waals surface area (Å²) in [6.45, 7) is 6.08. The monoisotopic (exact) mass is 494 g/mol. The Labute approximate surface area is 195 Å². The molecular formula is C21H23ClN4O4S2. The highest BCUT2D eigenvalue weighted by atomic mass is 35.5. The van der Waals surface area contributed by atoms with Crippen LogP contribution in [0.15, 0.2) is 57.3 Å². The Morgan fingerprint density at radius 2 is 1.94 bits per heavy atom. The van der Waals surface area contributed by atoms with E-state index in [-0.39, 0.29) is 22.3 Å². The van der Waals surface area contributed by atoms with Crippen LogP contribution in [0.2, 0.25) is 5.02 Å². The molecule has 0 radical (unpaired) electrons. The minimum absolute atomic E-state index is 0.101. The van der Waals surface area contributed by atoms with Gasteiger partial charge in [-0.2, -0.15) is 0 Å². The topological polar surface area (TPSA) is 124 Å². The summed E-state index contributed by atoms with van der Waals surface area (Å²) in [5.74, 6) is -0.196. The molecule has 1 amide bonds. The van der Waals surface area contributed by atoms with Crippen LogP contribution >= 0.6 is 23.4 Å². The number of carbonyl (C=O) groups excluding carboxylic acids is 1. The summed E-state index contributed by atoms with van der Waals surface area (Å²) in [5.41, 5.74) is 0.576. The molecule has 3 rings (SSSR count). The van der Waals surface area contributed by atoms with E-state index >= 15 is 0 Å². The number of hydrogen-bond donors (Lipinski definition) is 2. The number of nitrogens with zero attached hydrogens (tertiary/aromatic N) is 2. The third-order valence-electron chi connectivity index (χ3n) is 4.51. The number of amides is 1. The minimum Gasteiger partial charge on any atom is -0.325 e. The maximum absolute atomic E-state index is 13.1. The summed E-state index contributed by atoms with van der Waals surface area (Å²) in [6, 6.07) is 10.6. The average molecular weight is 495 g/mol. The van der Waals surface area contributed by atoms with Gasteiger partial charge in [-0.25, -0.2) is 18.5 Å². The second-order valence-corrected chi connectivity index (χ2v) is 11.0. The molecule has 0 fully saturated rings. The first-order valence-electron chi connectivity index (χ1n) is 9.76. The van der Waals surface area contributed by atoms with E-state index in [4.69, 9.17) is 16.7 Å². The first-order valence-corrected chi connectivity index (χ1v) is 12.6. The number of halogens is 1. The van der Waals surface area contributed by atoms with Crippen LogP contribution in [0, 0.1) is 5.92 Å². The molecule has 32 heavy (non-hydrogen) atoms. The smallest absolute Gasteiger partial charge is 0.262 e. The van der Waals surface area contributed by atoms with Gasteiger partial charge in [0.2, 0.25) is 15.9 Å². The van der Waals surface area contributed by atoms with Crippen molar-refractivity contribution in [2.24, 2.45) is 11.1 Å². The van der Waals surface area contributed by atoms with Gasteiger partial charge in [0, 0.05) is 17.3 Å². The number of rotatable bonds is 7. The van der Waals surface area contributed by atoms with Gasteiger partial charge in [0.25, 0.3) is 5.56 Å². The molecule has 3 aromatic rings. The van der Waals surface area contributed by atoms with Gasteiger partial charge in [0.1, 0.15) is 0 Å². The Bertz CT molecular complexity index is 1340. The SMILES string of the molecule is CC(C)Cn1c(SC(C)C(=O)Nc2cccc(S(N)(=O)=O)c2)nc2ccc(Cl)cc2c1=O. The van der Waals surface area contributed by atoms with Gasteiger partial charge < -0.3 is 5.32 Å². The number of sulfonamides is 1. The molecule has 1 atom stereocenters. The van der Waals surface area contributed by atoms with Crippen LogP contribution in [0.1, 0.15) is 20.8 Å². The molecule has 0 saturated carbocycles. The first kappa shape index (κ1) is 24.2. The van der Waals surface area contributed by atoms with Gasteiger partial charge in [-0.15, -0.1) is 0 Å². The summed E-state index contributed by atoms with van der Waals surface area (Å²) >= 11 is 7.20. The van der Waals surface area contributed by atoms with Gasteiger partial charge in [-0.3, -0.25) is 14.2 Å². The number of primary sulfonamides is 1. The third-order valence-corrected chi connectivity index (χ3v) is 6.75. The lowest BCUT2D eigenvalue weighted by Gasteiger charge is -2.18. The second-order valence-electron chi connectivity index (χ2n) is 7.69. The fourth-order valence-corrected chi connectivity index (χ4v) is 4.64. The van der Waals surface area contributed by atoms with Crippen LogP contribution in [-0.2, 0) is 21.4 Å². The number of anilines is 1. The fourth-order valence-electron chi connectivity index (χ4n) is 3.00. The van der Waals surface area contributed by atoms with E-state index in [1.807, 2.05) is 13.8 Å². The molecule has 1 unspecified atom stereocenters. The standard InChI is InChI=1S/C21H23ClN4O4S2/c1-12(2)11-26-20(28)17-9-14(22)7-8-18(17)25-21(26)31-13(3)19(27)24-15-5-4-6-16(10-15)32(23,29)30/h4-10,12-13H,11H2,1-3H3,(H,24,27)(H2,23,29,30). The second kappa shape index (κ2) is 9.62. The molecule has 2 aromatic carbocycles. The lowest BCUT2D eigenvalue weighted by Crippen LogP contribution is -2.28. The van der Waals surface area contributed by atoms with Crippen LogP contribution in [0.3, 0.4) is 0 Å². The molecule has 8 nitrogen and oxygen atoms in total. The highest BCUT2D eigenvalue weighted by Crippen LogP contribution is 2.25. The zero-order valence-corrected chi connectivity index (χ0v) is 20.1. The molecule has 0 aliphatic carbocycles. The Morgan fingerprint density at radius 3 is 2.59 bits per heavy atom. The molecule has 0 bridgehead atoms. The zero-order valence-electron chi connectivity index (χ0n) is 17.7. The Hall–Kier alpha value is -2.40. The molecular weight excluding hydrogens is 472 g/mol. The summed E-state index contributed by atoms with van der Waals surface area (Å²) in [5, 5.41) is 8.49. The zero-order chi connectivity index (χ0) is 23.6. The van der Waals surface area contributed by atoms with Gasteiger partial charge >= 0.3 is 0 Å². The van der Waals surface area contributed by atoms with Crippen LogP contribution in [0.5, 0.6) is 0 Å². The van der Waals surface area contributed by atoms with Gasteiger partial charge in [0.05, 0.1) is 21.0 Å². The molecule has 0 saturated heterocycles. The highest BCUT2D eigenvalue weighted by Gasteiger charge is 2.21. The van der Waals surface area contributed by atoms with Crippen molar-refractivity contribution in [3.8, 4) is 0 Å². The molecule has 1 aromatic heterocycles. The van der Waals surface area contributed by atoms with Crippen molar-refractivity contribution in [1.29, 1.82) is 0 Å². The van der Waals surface area contributed by atoms with Crippen molar-refractivity contribution >= 4 is 55.9 Å². The van der Waals surface area contributed by atoms with Crippen LogP contribution < -0.4 is 16.0 Å². The number of hydrogen-bond acceptors (Lipinski definition) is 6. The first-order chi connectivity index (χ1) is 15.0. The van der Waals surface area contributed by atoms with Crippen molar-refractivity contribution in [2.75, 3.05) is 5.32 Å². The molecule has 0 spiro atoms. The molecule has 11 heteroatoms. The number of carbonyl (C=O) groups is 1. The van der Waals surface area contributed by atoms with E-state index in [0.29, 0.717) is 33.3 Å². The Balaban J connectivity index is 1.90. The average Bonchev–Trinajstić information content (AvgIpc) is 2.70. The lowest BCUT2D eigenvalue weighted by molar-refractivity contribution is -0.115. The van der Waals surface area contributed by atoms with E-state index in [1.165, 1.54) is 18.2 Å². The van der Waals surface area contributed by atoms with E-state index in [2.05, 4.69) is 10.3 Å². The summed E-state index contributed by atoms with van der Waals surface area (Å²) in [7, 11) is -3.89. The summed E-state index contributed by atoms with van der Waals surface area (Å²) < 4.78 is 24.6. The van der Waals surface area contributed by atoms with Crippen molar-refractivity contribution in [3.63, 3.8) is 0 Å². The van der Waals surface area contributed by atoms with E-state index < -0.39 is 15.3 Å². The Morgan fingerprint density at radius 1 is 1.22 bits per heavy atom. The number of aromatic nitrogens is 2. The molecule has 0 aliphatic heterocycles. The lowest BCUT2D eigenvalue weighted by atomic mass is 10.2. The number of nitrogens with two attached hydrogens (primary N) is 1. The van der Waals surface area contributed by atoms with Gasteiger partial charge in [-0.1, -0.05) is 43.3 Å². The van der Waals surface area contributed by atoms with Crippen LogP contribution in [0.4, 0.5) is 5.69 Å². The quantitative estimate of drug-likeness (QED) is 0.382. The van der Waals surface area contributed by atoms with E-state index in [1.54, 1.807) is 35.8 Å². The van der Waals surface area contributed by atoms with Crippen molar-refractivity contribution < 1.29 is 13.2 Å². The minimum atomic E-state index is -3.89. The predicted octanol–water partition coefficient (Wildman–Crippen LogP) is 3.47. The molecule has 0 aliphatic rings. The maximum atomic E-state index is 13.1. The van der Waals surface area contributed by atoms with E-state index in [0.717, 1.165) is 11.8 Å². The molecule has 170 valence electrons. The van der Waals surface area contributed by atoms with Crippen LogP contribution in [0.25, 0.3) is 10.9 Å². The number of fused-ring (bicyclic) bond motifs is 1. The largest absolute Gasteiger partial charge is 0.325 e. The van der Waals surface area contributed by atoms with Crippen molar-refractivity contribution in [3.05, 3.63) is 57.8 Å². The number of nitrogens with one attached hydrogen (secondary N) is 1. The number of benzene rings is 2. The van der Waals surface area contributed by atoms with E-state index in [9.17, 15) is 18.0 Å². The summed E-state index contributed by atoms with van der Waals surface area (Å²) in [6.07, 6.45) is 0. The Kier molecular flexibility index (Phi) is 7.29. The van der Waals surface area contributed by atoms with Crippen LogP contribution in [-0.4, -0.2) is 29.1 Å².